The smallest absolute Gasteiger partial charge is 0.231 e. The molecule has 6 nitrogen and oxygen atoms in total. The molecule has 0 radical (unpaired) electrons. The highest BCUT2D eigenvalue weighted by Gasteiger charge is 2.49. The summed E-state index contributed by atoms with van der Waals surface area (Å²) in [6, 6.07) is 5.72. The number of benzene rings is 1. The van der Waals surface area contributed by atoms with Crippen LogP contribution in [0.1, 0.15) is 134 Å². The Kier molecular flexibility index (Phi) is 10.5. The van der Waals surface area contributed by atoms with Gasteiger partial charge in [0.2, 0.25) is 17.7 Å². The van der Waals surface area contributed by atoms with Gasteiger partial charge in [0.05, 0.1) is 22.5 Å². The minimum Gasteiger partial charge on any atom is -0.322 e. The second kappa shape index (κ2) is 12.4. The van der Waals surface area contributed by atoms with E-state index in [4.69, 9.17) is 0 Å². The number of rotatable bonds is 8. The number of nitrogens with zero attached hydrogens (tertiary/aromatic N) is 2. The van der Waals surface area contributed by atoms with Gasteiger partial charge in [-0.25, -0.2) is 0 Å². The van der Waals surface area contributed by atoms with E-state index >= 15 is 0 Å². The summed E-state index contributed by atoms with van der Waals surface area (Å²) in [5, 5.41) is 3.37. The summed E-state index contributed by atoms with van der Waals surface area (Å²) in [6.45, 7) is 22.6. The van der Waals surface area contributed by atoms with Gasteiger partial charge in [-0.05, 0) is 84.8 Å². The third kappa shape index (κ3) is 7.24. The maximum Gasteiger partial charge on any atom is 0.231 e. The van der Waals surface area contributed by atoms with Crippen molar-refractivity contribution in [1.82, 2.24) is 0 Å². The molecule has 0 atom stereocenters. The van der Waals surface area contributed by atoms with Crippen molar-refractivity contribution >= 4 is 34.8 Å². The third-order valence-corrected chi connectivity index (χ3v) is 8.09. The molecule has 3 amide bonds. The molecule has 0 heterocycles. The Labute approximate surface area is 238 Å². The van der Waals surface area contributed by atoms with Gasteiger partial charge >= 0.3 is 0 Å². The van der Waals surface area contributed by atoms with Gasteiger partial charge < -0.3 is 15.1 Å². The van der Waals surface area contributed by atoms with E-state index in [1.807, 2.05) is 83.4 Å². The van der Waals surface area contributed by atoms with Crippen molar-refractivity contribution in [3.63, 3.8) is 0 Å². The predicted octanol–water partition coefficient (Wildman–Crippen LogP) is 8.48. The number of anilines is 3. The van der Waals surface area contributed by atoms with Crippen LogP contribution in [0.3, 0.4) is 0 Å². The molecule has 0 unspecified atom stereocenters. The molecule has 0 aliphatic heterocycles. The Morgan fingerprint density at radius 3 is 1.49 bits per heavy atom. The number of carbonyl (C=O) groups excluding carboxylic acids is 3. The molecule has 0 saturated heterocycles. The van der Waals surface area contributed by atoms with Crippen molar-refractivity contribution in [2.24, 2.45) is 10.8 Å². The van der Waals surface area contributed by atoms with Crippen molar-refractivity contribution in [2.75, 3.05) is 15.1 Å². The molecule has 6 heteroatoms. The van der Waals surface area contributed by atoms with Crippen LogP contribution in [0.15, 0.2) is 18.2 Å². The highest BCUT2D eigenvalue weighted by atomic mass is 16.2. The fraction of sp³-hybridized carbons (Fsp3) is 0.727. The first-order chi connectivity index (χ1) is 17.9. The molecule has 1 N–H and O–H groups in total. The van der Waals surface area contributed by atoms with Crippen molar-refractivity contribution < 1.29 is 14.4 Å². The summed E-state index contributed by atoms with van der Waals surface area (Å²) in [4.78, 5) is 45.3. The molecule has 1 aliphatic rings. The SMILES string of the molecule is CCCC(=O)N(c1cccc(N(C(=O)CCC)C(C)(C)C)c1NC(=O)C1(C(C)(C)C)CCCCC1)C(C)(C)C. The molecule has 39 heavy (non-hydrogen) atoms. The standard InChI is InChI=1S/C33H55N3O3/c1-12-18-26(37)35(31(6,7)8)24-20-17-21-25(36(32(9,10)11)27(38)19-13-2)28(24)34-29(39)33(30(3,4)5)22-15-14-16-23-33/h17,20-21H,12-16,18-19,22-23H2,1-11H3,(H,34,39). The number of para-hydroxylation sites is 1. The zero-order valence-electron chi connectivity index (χ0n) is 26.7. The minimum absolute atomic E-state index is 0.00282. The normalized spacial score (nSPS) is 16.0. The van der Waals surface area contributed by atoms with Crippen LogP contribution in [-0.4, -0.2) is 28.8 Å². The molecule has 0 spiro atoms. The van der Waals surface area contributed by atoms with Crippen LogP contribution in [-0.2, 0) is 14.4 Å². The van der Waals surface area contributed by atoms with Crippen LogP contribution >= 0.6 is 0 Å². The van der Waals surface area contributed by atoms with E-state index in [1.54, 1.807) is 0 Å². The van der Waals surface area contributed by atoms with Gasteiger partial charge in [-0.2, -0.15) is 0 Å². The minimum atomic E-state index is -0.532. The Hall–Kier alpha value is -2.37. The number of nitrogens with one attached hydrogen (secondary N) is 1. The van der Waals surface area contributed by atoms with Gasteiger partial charge in [0.15, 0.2) is 0 Å². The average molecular weight is 542 g/mol. The zero-order valence-corrected chi connectivity index (χ0v) is 26.7. The highest BCUT2D eigenvalue weighted by molar-refractivity contribution is 6.09. The summed E-state index contributed by atoms with van der Waals surface area (Å²) in [6.07, 6.45) is 7.09. The number of hydrogen-bond acceptors (Lipinski definition) is 3. The predicted molar refractivity (Wildman–Crippen MR) is 164 cm³/mol. The summed E-state index contributed by atoms with van der Waals surface area (Å²) < 4.78 is 0. The molecule has 1 aromatic rings. The van der Waals surface area contributed by atoms with Crippen LogP contribution in [0.2, 0.25) is 0 Å². The van der Waals surface area contributed by atoms with Crippen molar-refractivity contribution in [3.8, 4) is 0 Å². The average Bonchev–Trinajstić information content (AvgIpc) is 2.79. The van der Waals surface area contributed by atoms with Crippen LogP contribution < -0.4 is 15.1 Å². The summed E-state index contributed by atoms with van der Waals surface area (Å²) in [5.41, 5.74) is 0.00496. The maximum absolute atomic E-state index is 14.5. The van der Waals surface area contributed by atoms with Crippen molar-refractivity contribution in [3.05, 3.63) is 18.2 Å². The van der Waals surface area contributed by atoms with Gasteiger partial charge in [-0.15, -0.1) is 0 Å². The molecule has 1 aromatic carbocycles. The van der Waals surface area contributed by atoms with E-state index in [-0.39, 0.29) is 23.1 Å². The lowest BCUT2D eigenvalue weighted by Crippen LogP contribution is -2.50. The van der Waals surface area contributed by atoms with E-state index in [9.17, 15) is 14.4 Å². The highest BCUT2D eigenvalue weighted by Crippen LogP contribution is 2.51. The van der Waals surface area contributed by atoms with Crippen LogP contribution in [0, 0.1) is 10.8 Å². The van der Waals surface area contributed by atoms with Crippen LogP contribution in [0.4, 0.5) is 17.1 Å². The van der Waals surface area contributed by atoms with Crippen molar-refractivity contribution in [1.29, 1.82) is 0 Å². The lowest BCUT2D eigenvalue weighted by atomic mass is 9.59. The van der Waals surface area contributed by atoms with E-state index in [0.29, 0.717) is 29.9 Å². The van der Waals surface area contributed by atoms with E-state index in [1.165, 1.54) is 0 Å². The Balaban J connectivity index is 2.88. The number of amides is 3. The maximum atomic E-state index is 14.5. The van der Waals surface area contributed by atoms with E-state index in [2.05, 4.69) is 26.1 Å². The van der Waals surface area contributed by atoms with Crippen molar-refractivity contribution in [2.45, 2.75) is 145 Å². The summed E-state index contributed by atoms with van der Waals surface area (Å²) in [5.74, 6) is -0.0110. The summed E-state index contributed by atoms with van der Waals surface area (Å²) in [7, 11) is 0. The van der Waals surface area contributed by atoms with Gasteiger partial charge in [-0.1, -0.05) is 59.9 Å². The topological polar surface area (TPSA) is 69.7 Å². The fourth-order valence-corrected chi connectivity index (χ4v) is 6.13. The van der Waals surface area contributed by atoms with Crippen LogP contribution in [0.25, 0.3) is 0 Å². The second-order valence-electron chi connectivity index (χ2n) is 14.3. The van der Waals surface area contributed by atoms with Gasteiger partial charge in [0, 0.05) is 23.9 Å². The molecule has 0 aromatic heterocycles. The third-order valence-electron chi connectivity index (χ3n) is 8.09. The number of carbonyl (C=O) groups is 3. The van der Waals surface area contributed by atoms with Crippen LogP contribution in [0.5, 0.6) is 0 Å². The summed E-state index contributed by atoms with van der Waals surface area (Å²) >= 11 is 0. The molecular weight excluding hydrogens is 486 g/mol. The first kappa shape index (κ1) is 32.8. The second-order valence-corrected chi connectivity index (χ2v) is 14.3. The fourth-order valence-electron chi connectivity index (χ4n) is 6.13. The van der Waals surface area contributed by atoms with Gasteiger partial charge in [0.25, 0.3) is 0 Å². The first-order valence-corrected chi connectivity index (χ1v) is 15.0. The quantitative estimate of drug-likeness (QED) is 0.359. The molecule has 1 fully saturated rings. The largest absolute Gasteiger partial charge is 0.322 e. The lowest BCUT2D eigenvalue weighted by molar-refractivity contribution is -0.135. The van der Waals surface area contributed by atoms with Gasteiger partial charge in [0.1, 0.15) is 0 Å². The lowest BCUT2D eigenvalue weighted by Gasteiger charge is -2.47. The van der Waals surface area contributed by atoms with Gasteiger partial charge in [-0.3, -0.25) is 14.4 Å². The molecule has 220 valence electrons. The molecular formula is C33H55N3O3. The Morgan fingerprint density at radius 2 is 1.15 bits per heavy atom. The first-order valence-electron chi connectivity index (χ1n) is 15.0. The Bertz CT molecular complexity index is 964. The zero-order chi connectivity index (χ0) is 29.8. The van der Waals surface area contributed by atoms with E-state index in [0.717, 1.165) is 44.9 Å². The monoisotopic (exact) mass is 541 g/mol. The molecule has 2 rings (SSSR count). The van der Waals surface area contributed by atoms with E-state index < -0.39 is 16.5 Å². The molecule has 1 saturated carbocycles. The molecule has 0 bridgehead atoms. The number of hydrogen-bond donors (Lipinski definition) is 1. The molecule has 1 aliphatic carbocycles. The Morgan fingerprint density at radius 1 is 0.744 bits per heavy atom.